The zero-order valence-corrected chi connectivity index (χ0v) is 18.0. The van der Waals surface area contributed by atoms with E-state index < -0.39 is 60.8 Å². The lowest BCUT2D eigenvalue weighted by Crippen LogP contribution is -2.55. The van der Waals surface area contributed by atoms with Crippen LogP contribution in [0.15, 0.2) is 30.3 Å². The number of nitrogens with two attached hydrogens (primary N) is 1. The highest BCUT2D eigenvalue weighted by molar-refractivity contribution is 5.92. The van der Waals surface area contributed by atoms with Gasteiger partial charge in [-0.1, -0.05) is 44.2 Å². The molecule has 1 rings (SSSR count). The summed E-state index contributed by atoms with van der Waals surface area (Å²) in [6.07, 6.45) is -0.587. The normalized spacial score (nSPS) is 13.5. The van der Waals surface area contributed by atoms with Crippen LogP contribution < -0.4 is 21.7 Å². The molecule has 176 valence electrons. The number of aliphatic carboxylic acids is 2. The molecule has 1 aromatic rings. The van der Waals surface area contributed by atoms with Crippen LogP contribution >= 0.6 is 0 Å². The van der Waals surface area contributed by atoms with Crippen LogP contribution in [0, 0.1) is 5.92 Å². The molecule has 0 aliphatic rings. The average Bonchev–Trinajstić information content (AvgIpc) is 2.74. The lowest BCUT2D eigenvalue weighted by Gasteiger charge is -2.22. The van der Waals surface area contributed by atoms with E-state index in [1.54, 1.807) is 44.2 Å². The van der Waals surface area contributed by atoms with Crippen LogP contribution in [-0.2, 0) is 30.4 Å². The standard InChI is InChI=1S/C21H30N4O7/c1-12(2)18(22)20(30)25-15(10-13-6-4-3-5-7-13)19(29)23-11-16(26)24-14(21(31)32)8-9-17(27)28/h3-7,12,14-15,18H,8-11,22H2,1-2H3,(H,23,29)(H,24,26)(H,25,30)(H,27,28)(H,31,32). The van der Waals surface area contributed by atoms with E-state index in [-0.39, 0.29) is 18.8 Å². The molecule has 1 aromatic carbocycles. The van der Waals surface area contributed by atoms with Gasteiger partial charge < -0.3 is 31.9 Å². The number of carbonyl (C=O) groups is 5. The van der Waals surface area contributed by atoms with Crippen molar-refractivity contribution < 1.29 is 34.2 Å². The van der Waals surface area contributed by atoms with Gasteiger partial charge in [0.25, 0.3) is 0 Å². The van der Waals surface area contributed by atoms with Crippen molar-refractivity contribution in [1.82, 2.24) is 16.0 Å². The van der Waals surface area contributed by atoms with Crippen LogP contribution in [-0.4, -0.2) is 64.5 Å². The predicted molar refractivity (Wildman–Crippen MR) is 114 cm³/mol. The second-order valence-electron chi connectivity index (χ2n) is 7.63. The molecule has 3 amide bonds. The number of nitrogens with one attached hydrogen (secondary N) is 3. The summed E-state index contributed by atoms with van der Waals surface area (Å²) in [7, 11) is 0. The Hall–Kier alpha value is -3.47. The van der Waals surface area contributed by atoms with Gasteiger partial charge >= 0.3 is 11.9 Å². The molecule has 3 unspecified atom stereocenters. The summed E-state index contributed by atoms with van der Waals surface area (Å²) in [5.41, 5.74) is 6.62. The van der Waals surface area contributed by atoms with Crippen LogP contribution in [0.4, 0.5) is 0 Å². The Bertz CT molecular complexity index is 814. The minimum absolute atomic E-state index is 0.153. The van der Waals surface area contributed by atoms with Gasteiger partial charge in [-0.05, 0) is 17.9 Å². The quantitative estimate of drug-likeness (QED) is 0.226. The highest BCUT2D eigenvalue weighted by Gasteiger charge is 2.26. The number of carboxylic acid groups (broad SMARTS) is 2. The van der Waals surface area contributed by atoms with Gasteiger partial charge in [0.05, 0.1) is 12.6 Å². The second-order valence-corrected chi connectivity index (χ2v) is 7.63. The molecule has 11 nitrogen and oxygen atoms in total. The molecule has 3 atom stereocenters. The van der Waals surface area contributed by atoms with E-state index in [0.29, 0.717) is 0 Å². The van der Waals surface area contributed by atoms with Gasteiger partial charge in [0.15, 0.2) is 0 Å². The fraction of sp³-hybridized carbons (Fsp3) is 0.476. The van der Waals surface area contributed by atoms with Gasteiger partial charge in [-0.25, -0.2) is 4.79 Å². The second kappa shape index (κ2) is 13.1. The molecule has 0 heterocycles. The molecule has 0 saturated heterocycles. The van der Waals surface area contributed by atoms with Crippen LogP contribution in [0.3, 0.4) is 0 Å². The lowest BCUT2D eigenvalue weighted by molar-refractivity contribution is -0.143. The van der Waals surface area contributed by atoms with Crippen molar-refractivity contribution in [2.24, 2.45) is 11.7 Å². The number of benzene rings is 1. The molecule has 0 fully saturated rings. The smallest absolute Gasteiger partial charge is 0.326 e. The summed E-state index contributed by atoms with van der Waals surface area (Å²) >= 11 is 0. The van der Waals surface area contributed by atoms with Gasteiger partial charge in [0.2, 0.25) is 17.7 Å². The first-order valence-electron chi connectivity index (χ1n) is 10.1. The Kier molecular flexibility index (Phi) is 10.8. The van der Waals surface area contributed by atoms with E-state index in [4.69, 9.17) is 15.9 Å². The summed E-state index contributed by atoms with van der Waals surface area (Å²) in [6, 6.07) is 5.69. The number of carboxylic acids is 2. The van der Waals surface area contributed by atoms with Crippen molar-refractivity contribution in [2.45, 2.75) is 51.2 Å². The van der Waals surface area contributed by atoms with Gasteiger partial charge in [-0.2, -0.15) is 0 Å². The van der Waals surface area contributed by atoms with Crippen molar-refractivity contribution in [3.05, 3.63) is 35.9 Å². The third-order valence-electron chi connectivity index (χ3n) is 4.64. The monoisotopic (exact) mass is 450 g/mol. The Morgan fingerprint density at radius 2 is 1.56 bits per heavy atom. The number of amides is 3. The largest absolute Gasteiger partial charge is 0.481 e. The molecule has 7 N–H and O–H groups in total. The summed E-state index contributed by atoms with van der Waals surface area (Å²) in [5, 5.41) is 24.9. The Morgan fingerprint density at radius 1 is 0.938 bits per heavy atom. The molecule has 0 aliphatic heterocycles. The molecule has 32 heavy (non-hydrogen) atoms. The molecule has 0 aromatic heterocycles. The third-order valence-corrected chi connectivity index (χ3v) is 4.64. The van der Waals surface area contributed by atoms with Crippen molar-refractivity contribution >= 4 is 29.7 Å². The van der Waals surface area contributed by atoms with Crippen LogP contribution in [0.2, 0.25) is 0 Å². The Labute approximate surface area is 185 Å². The van der Waals surface area contributed by atoms with E-state index in [1.807, 2.05) is 0 Å². The molecule has 0 radical (unpaired) electrons. The highest BCUT2D eigenvalue weighted by atomic mass is 16.4. The third kappa shape index (κ3) is 9.56. The van der Waals surface area contributed by atoms with E-state index in [0.717, 1.165) is 5.56 Å². The predicted octanol–water partition coefficient (Wildman–Crippen LogP) is -0.752. The Balaban J connectivity index is 2.77. The molecular weight excluding hydrogens is 420 g/mol. The van der Waals surface area contributed by atoms with E-state index in [2.05, 4.69) is 16.0 Å². The number of rotatable bonds is 13. The summed E-state index contributed by atoms with van der Waals surface area (Å²) < 4.78 is 0. The molecule has 0 bridgehead atoms. The first kappa shape index (κ1) is 26.6. The maximum atomic E-state index is 12.7. The number of hydrogen-bond acceptors (Lipinski definition) is 6. The molecule has 0 aliphatic carbocycles. The van der Waals surface area contributed by atoms with Crippen LogP contribution in [0.1, 0.15) is 32.3 Å². The SMILES string of the molecule is CC(C)C(N)C(=O)NC(Cc1ccccc1)C(=O)NCC(=O)NC(CCC(=O)O)C(=O)O. The van der Waals surface area contributed by atoms with E-state index in [1.165, 1.54) is 0 Å². The average molecular weight is 450 g/mol. The summed E-state index contributed by atoms with van der Waals surface area (Å²) in [4.78, 5) is 58.9. The fourth-order valence-electron chi connectivity index (χ4n) is 2.69. The maximum absolute atomic E-state index is 12.7. The first-order valence-corrected chi connectivity index (χ1v) is 10.1. The topological polar surface area (TPSA) is 188 Å². The van der Waals surface area contributed by atoms with Crippen LogP contribution in [0.5, 0.6) is 0 Å². The zero-order chi connectivity index (χ0) is 24.3. The van der Waals surface area contributed by atoms with Gasteiger partial charge in [-0.3, -0.25) is 19.2 Å². The molecule has 0 saturated carbocycles. The van der Waals surface area contributed by atoms with E-state index in [9.17, 15) is 24.0 Å². The van der Waals surface area contributed by atoms with E-state index >= 15 is 0 Å². The van der Waals surface area contributed by atoms with Crippen molar-refractivity contribution in [2.75, 3.05) is 6.54 Å². The van der Waals surface area contributed by atoms with Gasteiger partial charge in [0, 0.05) is 12.8 Å². The number of carbonyl (C=O) groups excluding carboxylic acids is 3. The summed E-state index contributed by atoms with van der Waals surface area (Å²) in [5.74, 6) is -4.70. The highest BCUT2D eigenvalue weighted by Crippen LogP contribution is 2.06. The van der Waals surface area contributed by atoms with Gasteiger partial charge in [0.1, 0.15) is 12.1 Å². The minimum atomic E-state index is -1.40. The summed E-state index contributed by atoms with van der Waals surface area (Å²) in [6.45, 7) is 2.99. The fourth-order valence-corrected chi connectivity index (χ4v) is 2.69. The molecule has 11 heteroatoms. The molecule has 0 spiro atoms. The minimum Gasteiger partial charge on any atom is -0.481 e. The first-order chi connectivity index (χ1) is 15.0. The zero-order valence-electron chi connectivity index (χ0n) is 18.0. The Morgan fingerprint density at radius 3 is 2.09 bits per heavy atom. The lowest BCUT2D eigenvalue weighted by atomic mass is 10.0. The van der Waals surface area contributed by atoms with Crippen molar-refractivity contribution in [3.63, 3.8) is 0 Å². The van der Waals surface area contributed by atoms with Crippen molar-refractivity contribution in [3.8, 4) is 0 Å². The van der Waals surface area contributed by atoms with Crippen molar-refractivity contribution in [1.29, 1.82) is 0 Å². The number of hydrogen-bond donors (Lipinski definition) is 6. The van der Waals surface area contributed by atoms with Gasteiger partial charge in [-0.15, -0.1) is 0 Å². The maximum Gasteiger partial charge on any atom is 0.326 e. The molecular formula is C21H30N4O7. The van der Waals surface area contributed by atoms with Crippen LogP contribution in [0.25, 0.3) is 0 Å².